The molecule has 2 heterocycles. The van der Waals surface area contributed by atoms with Crippen LogP contribution in [0.2, 0.25) is 0 Å². The fourth-order valence-electron chi connectivity index (χ4n) is 4.26. The van der Waals surface area contributed by atoms with Gasteiger partial charge in [0.1, 0.15) is 5.75 Å². The second-order valence-corrected chi connectivity index (χ2v) is 8.40. The zero-order valence-corrected chi connectivity index (χ0v) is 18.8. The number of hydrogen-bond acceptors (Lipinski definition) is 4. The minimum absolute atomic E-state index is 0.0152. The number of methoxy groups -OCH3 is 1. The van der Waals surface area contributed by atoms with Crippen molar-refractivity contribution >= 4 is 17.6 Å². The number of nitrogens with one attached hydrogen (secondary N) is 1. The van der Waals surface area contributed by atoms with E-state index in [2.05, 4.69) is 22.3 Å². The second-order valence-electron chi connectivity index (χ2n) is 8.40. The first kappa shape index (κ1) is 22.1. The van der Waals surface area contributed by atoms with Gasteiger partial charge in [0.2, 0.25) is 5.91 Å². The molecular formula is C25H32N4O3. The van der Waals surface area contributed by atoms with Crippen molar-refractivity contribution in [2.75, 3.05) is 51.3 Å². The molecule has 0 unspecified atom stereocenters. The van der Waals surface area contributed by atoms with Gasteiger partial charge in [-0.15, -0.1) is 0 Å². The van der Waals surface area contributed by atoms with E-state index < -0.39 is 0 Å². The van der Waals surface area contributed by atoms with Gasteiger partial charge >= 0.3 is 6.03 Å². The molecule has 4 rings (SSSR count). The molecule has 2 aliphatic rings. The van der Waals surface area contributed by atoms with Crippen molar-refractivity contribution in [3.8, 4) is 5.75 Å². The van der Waals surface area contributed by atoms with Gasteiger partial charge < -0.3 is 19.9 Å². The molecule has 0 aromatic heterocycles. The van der Waals surface area contributed by atoms with Crippen molar-refractivity contribution in [2.24, 2.45) is 0 Å². The molecule has 0 atom stereocenters. The fraction of sp³-hybridized carbons (Fsp3) is 0.440. The smallest absolute Gasteiger partial charge is 0.317 e. The Labute approximate surface area is 189 Å². The second kappa shape index (κ2) is 10.5. The summed E-state index contributed by atoms with van der Waals surface area (Å²) in [5, 5.41) is 3.03. The van der Waals surface area contributed by atoms with Crippen molar-refractivity contribution in [3.63, 3.8) is 0 Å². The Morgan fingerprint density at radius 2 is 1.62 bits per heavy atom. The van der Waals surface area contributed by atoms with Gasteiger partial charge in [-0.1, -0.05) is 24.3 Å². The topological polar surface area (TPSA) is 65.1 Å². The van der Waals surface area contributed by atoms with Crippen LogP contribution in [0.15, 0.2) is 48.5 Å². The number of ether oxygens (including phenoxy) is 1. The Balaban J connectivity index is 1.17. The third kappa shape index (κ3) is 5.59. The monoisotopic (exact) mass is 436 g/mol. The molecule has 0 bridgehead atoms. The van der Waals surface area contributed by atoms with Crippen molar-refractivity contribution < 1.29 is 14.3 Å². The van der Waals surface area contributed by atoms with Gasteiger partial charge in [-0.2, -0.15) is 0 Å². The lowest BCUT2D eigenvalue weighted by Gasteiger charge is -2.34. The van der Waals surface area contributed by atoms with Crippen LogP contribution < -0.4 is 15.0 Å². The van der Waals surface area contributed by atoms with Gasteiger partial charge in [-0.25, -0.2) is 4.79 Å². The molecule has 170 valence electrons. The average molecular weight is 437 g/mol. The van der Waals surface area contributed by atoms with Gasteiger partial charge in [0.15, 0.2) is 0 Å². The van der Waals surface area contributed by atoms with Crippen LogP contribution in [0.1, 0.15) is 24.0 Å². The number of nitrogens with zero attached hydrogens (tertiary/aromatic N) is 3. The Morgan fingerprint density at radius 1 is 0.938 bits per heavy atom. The minimum Gasteiger partial charge on any atom is -0.497 e. The number of benzene rings is 2. The van der Waals surface area contributed by atoms with Gasteiger partial charge in [-0.3, -0.25) is 9.69 Å². The van der Waals surface area contributed by atoms with E-state index in [-0.39, 0.29) is 11.9 Å². The van der Waals surface area contributed by atoms with Crippen LogP contribution in [-0.4, -0.2) is 68.1 Å². The molecule has 0 saturated carbocycles. The molecule has 1 N–H and O–H groups in total. The van der Waals surface area contributed by atoms with E-state index in [1.807, 2.05) is 46.2 Å². The molecule has 0 spiro atoms. The van der Waals surface area contributed by atoms with E-state index in [1.54, 1.807) is 7.11 Å². The van der Waals surface area contributed by atoms with Crippen LogP contribution in [0, 0.1) is 0 Å². The predicted molar refractivity (Wildman–Crippen MR) is 125 cm³/mol. The largest absolute Gasteiger partial charge is 0.497 e. The standard InChI is InChI=1S/C25H32N4O3/c1-32-23-10-6-20(7-11-23)12-14-27-15-17-28(18-16-27)25(31)26-19-21-4-8-22(9-5-21)29-13-2-3-24(29)30/h4-11H,2-3,12-19H2,1H3,(H,26,31). The van der Waals surface area contributed by atoms with Crippen molar-refractivity contribution in [1.29, 1.82) is 0 Å². The van der Waals surface area contributed by atoms with Gasteiger partial charge in [0.25, 0.3) is 0 Å². The van der Waals surface area contributed by atoms with E-state index in [1.165, 1.54) is 5.56 Å². The number of urea groups is 1. The minimum atomic E-state index is -0.0152. The summed E-state index contributed by atoms with van der Waals surface area (Å²) in [5.74, 6) is 1.07. The molecule has 3 amide bonds. The van der Waals surface area contributed by atoms with Crippen LogP contribution in [0.5, 0.6) is 5.75 Å². The Bertz CT molecular complexity index is 906. The average Bonchev–Trinajstić information content (AvgIpc) is 3.28. The van der Waals surface area contributed by atoms with Gasteiger partial charge in [0, 0.05) is 57.9 Å². The van der Waals surface area contributed by atoms with E-state index >= 15 is 0 Å². The van der Waals surface area contributed by atoms with Crippen LogP contribution in [0.4, 0.5) is 10.5 Å². The highest BCUT2D eigenvalue weighted by Crippen LogP contribution is 2.21. The van der Waals surface area contributed by atoms with Gasteiger partial charge in [-0.05, 0) is 48.2 Å². The number of carbonyl (C=O) groups excluding carboxylic acids is 2. The molecule has 2 aromatic carbocycles. The third-order valence-electron chi connectivity index (χ3n) is 6.30. The normalized spacial score (nSPS) is 17.0. The molecule has 2 saturated heterocycles. The summed E-state index contributed by atoms with van der Waals surface area (Å²) in [6.45, 7) is 5.54. The van der Waals surface area contributed by atoms with E-state index in [9.17, 15) is 9.59 Å². The summed E-state index contributed by atoms with van der Waals surface area (Å²) < 4.78 is 5.21. The molecule has 7 nitrogen and oxygen atoms in total. The zero-order chi connectivity index (χ0) is 22.3. The van der Waals surface area contributed by atoms with Crippen molar-refractivity contribution in [3.05, 3.63) is 59.7 Å². The highest BCUT2D eigenvalue weighted by atomic mass is 16.5. The Kier molecular flexibility index (Phi) is 7.27. The quantitative estimate of drug-likeness (QED) is 0.725. The van der Waals surface area contributed by atoms with Crippen molar-refractivity contribution in [2.45, 2.75) is 25.8 Å². The summed E-state index contributed by atoms with van der Waals surface area (Å²) in [4.78, 5) is 30.6. The Hall–Kier alpha value is -3.06. The third-order valence-corrected chi connectivity index (χ3v) is 6.30. The summed E-state index contributed by atoms with van der Waals surface area (Å²) in [5.41, 5.74) is 3.27. The number of hydrogen-bond donors (Lipinski definition) is 1. The van der Waals surface area contributed by atoms with Crippen LogP contribution in [0.25, 0.3) is 0 Å². The summed E-state index contributed by atoms with van der Waals surface area (Å²) in [7, 11) is 1.68. The maximum atomic E-state index is 12.6. The SMILES string of the molecule is COc1ccc(CCN2CCN(C(=O)NCc3ccc(N4CCCC4=O)cc3)CC2)cc1. The molecule has 2 fully saturated rings. The summed E-state index contributed by atoms with van der Waals surface area (Å²) in [6, 6.07) is 16.1. The predicted octanol–water partition coefficient (Wildman–Crippen LogP) is 2.89. The van der Waals surface area contributed by atoms with E-state index in [4.69, 9.17) is 4.74 Å². The summed E-state index contributed by atoms with van der Waals surface area (Å²) >= 11 is 0. The molecule has 2 aromatic rings. The first-order valence-corrected chi connectivity index (χ1v) is 11.4. The molecular weight excluding hydrogens is 404 g/mol. The molecule has 32 heavy (non-hydrogen) atoms. The maximum Gasteiger partial charge on any atom is 0.317 e. The van der Waals surface area contributed by atoms with E-state index in [0.29, 0.717) is 13.0 Å². The first-order valence-electron chi connectivity index (χ1n) is 11.4. The van der Waals surface area contributed by atoms with Crippen molar-refractivity contribution in [1.82, 2.24) is 15.1 Å². The van der Waals surface area contributed by atoms with Crippen LogP contribution in [-0.2, 0) is 17.8 Å². The summed E-state index contributed by atoms with van der Waals surface area (Å²) in [6.07, 6.45) is 2.55. The number of carbonyl (C=O) groups is 2. The lowest BCUT2D eigenvalue weighted by atomic mass is 10.1. The molecule has 2 aliphatic heterocycles. The van der Waals surface area contributed by atoms with Crippen LogP contribution >= 0.6 is 0 Å². The number of amides is 3. The number of piperazine rings is 1. The molecule has 7 heteroatoms. The highest BCUT2D eigenvalue weighted by molar-refractivity contribution is 5.95. The fourth-order valence-corrected chi connectivity index (χ4v) is 4.26. The lowest BCUT2D eigenvalue weighted by Crippen LogP contribution is -2.51. The lowest BCUT2D eigenvalue weighted by molar-refractivity contribution is -0.117. The number of anilines is 1. The highest BCUT2D eigenvalue weighted by Gasteiger charge is 2.22. The van der Waals surface area contributed by atoms with Crippen LogP contribution in [0.3, 0.4) is 0 Å². The first-order chi connectivity index (χ1) is 15.6. The molecule has 0 aliphatic carbocycles. The maximum absolute atomic E-state index is 12.6. The number of rotatable bonds is 7. The Morgan fingerprint density at radius 3 is 2.25 bits per heavy atom. The zero-order valence-electron chi connectivity index (χ0n) is 18.8. The molecule has 0 radical (unpaired) electrons. The van der Waals surface area contributed by atoms with Gasteiger partial charge in [0.05, 0.1) is 7.11 Å². The van der Waals surface area contributed by atoms with E-state index in [0.717, 1.165) is 69.1 Å².